The van der Waals surface area contributed by atoms with E-state index in [1.165, 1.54) is 18.5 Å². The minimum atomic E-state index is -1.83. The largest absolute Gasteiger partial charge is 0.115 e. The molecule has 0 saturated carbocycles. The molecule has 4 aromatic rings. The first-order valence-corrected chi connectivity index (χ1v) is 22.0. The molecule has 0 spiro atoms. The van der Waals surface area contributed by atoms with Gasteiger partial charge in [0.25, 0.3) is 0 Å². The van der Waals surface area contributed by atoms with Gasteiger partial charge < -0.3 is 0 Å². The Bertz CT molecular complexity index is 1080. The molecule has 0 fully saturated rings. The highest BCUT2D eigenvalue weighted by Crippen LogP contribution is 2.28. The molecule has 0 saturated heterocycles. The summed E-state index contributed by atoms with van der Waals surface area (Å²) in [7, 11) is -5.19. The first-order valence-electron chi connectivity index (χ1n) is 12.6. The highest BCUT2D eigenvalue weighted by atomic mass is 29.3. The van der Waals surface area contributed by atoms with Crippen molar-refractivity contribution in [2.24, 2.45) is 0 Å². The Kier molecular flexibility index (Phi) is 7.56. The molecule has 0 amide bonds. The Balaban J connectivity index is 1.64. The summed E-state index contributed by atoms with van der Waals surface area (Å²) in [6, 6.07) is 48.2. The van der Waals surface area contributed by atoms with Crippen molar-refractivity contribution in [3.8, 4) is 0 Å². The van der Waals surface area contributed by atoms with Crippen LogP contribution in [0.3, 0.4) is 0 Å². The summed E-state index contributed by atoms with van der Waals surface area (Å²) in [4.78, 5) is 0. The lowest BCUT2D eigenvalue weighted by Crippen LogP contribution is -2.72. The van der Waals surface area contributed by atoms with E-state index in [-0.39, 0.29) is 0 Å². The fraction of sp³-hybridized carbons (Fsp3) is 0.226. The predicted octanol–water partition coefficient (Wildman–Crippen LogP) is 5.95. The zero-order chi connectivity index (χ0) is 24.1. The molecule has 4 rings (SSSR count). The summed E-state index contributed by atoms with van der Waals surface area (Å²) in [6.45, 7) is 10.6. The maximum absolute atomic E-state index is 2.67. The van der Waals surface area contributed by atoms with Gasteiger partial charge in [-0.1, -0.05) is 181 Å². The van der Waals surface area contributed by atoms with Crippen LogP contribution in [0.1, 0.15) is 6.42 Å². The van der Waals surface area contributed by atoms with Crippen molar-refractivity contribution in [2.75, 3.05) is 0 Å². The molecular formula is C31H38Si3. The first-order chi connectivity index (χ1) is 16.4. The number of hydrogen-bond acceptors (Lipinski definition) is 0. The van der Waals surface area contributed by atoms with Crippen LogP contribution in [-0.2, 0) is 0 Å². The molecule has 4 aromatic carbocycles. The summed E-state index contributed by atoms with van der Waals surface area (Å²) in [5.74, 6) is 0. The van der Waals surface area contributed by atoms with Gasteiger partial charge in [-0.15, -0.1) is 0 Å². The van der Waals surface area contributed by atoms with E-state index in [9.17, 15) is 0 Å². The first kappa shape index (κ1) is 24.6. The van der Waals surface area contributed by atoms with Gasteiger partial charge in [0.1, 0.15) is 15.7 Å². The molecule has 0 aliphatic rings. The van der Waals surface area contributed by atoms with E-state index in [0.717, 1.165) is 0 Å². The quantitative estimate of drug-likeness (QED) is 0.252. The van der Waals surface area contributed by atoms with E-state index in [1.807, 2.05) is 0 Å². The maximum atomic E-state index is 2.67. The monoisotopic (exact) mass is 494 g/mol. The topological polar surface area (TPSA) is 0 Å². The number of rotatable bonds is 9. The van der Waals surface area contributed by atoms with Gasteiger partial charge in [0, 0.05) is 0 Å². The van der Waals surface area contributed by atoms with Gasteiger partial charge in [-0.3, -0.25) is 0 Å². The third-order valence-corrected chi connectivity index (χ3v) is 30.8. The second-order valence-electron chi connectivity index (χ2n) is 10.7. The molecule has 0 aliphatic heterocycles. The normalized spacial score (nSPS) is 12.5. The van der Waals surface area contributed by atoms with E-state index < -0.39 is 23.3 Å². The maximum Gasteiger partial charge on any atom is 0.115 e. The van der Waals surface area contributed by atoms with Crippen molar-refractivity contribution in [1.29, 1.82) is 0 Å². The molecule has 0 nitrogen and oxygen atoms in total. The molecule has 0 aromatic heterocycles. The Hall–Kier alpha value is -2.47. The molecule has 3 heteroatoms. The molecule has 0 aliphatic carbocycles. The highest BCUT2D eigenvalue weighted by Gasteiger charge is 2.47. The summed E-state index contributed by atoms with van der Waals surface area (Å²) < 4.78 is 0. The molecule has 174 valence electrons. The molecule has 0 radical (unpaired) electrons. The van der Waals surface area contributed by atoms with E-state index in [0.29, 0.717) is 0 Å². The Morgan fingerprint density at radius 3 is 1.09 bits per heavy atom. The zero-order valence-corrected chi connectivity index (χ0v) is 24.2. The average molecular weight is 495 g/mol. The third kappa shape index (κ3) is 4.83. The van der Waals surface area contributed by atoms with Gasteiger partial charge in [-0.05, 0) is 6.04 Å². The summed E-state index contributed by atoms with van der Waals surface area (Å²) in [5.41, 5.74) is 0. The highest BCUT2D eigenvalue weighted by molar-refractivity contribution is 7.50. The minimum absolute atomic E-state index is 1.31. The molecular weight excluding hydrogens is 457 g/mol. The van der Waals surface area contributed by atoms with Crippen LogP contribution in [-0.4, -0.2) is 23.3 Å². The Morgan fingerprint density at radius 1 is 0.412 bits per heavy atom. The van der Waals surface area contributed by atoms with Crippen LogP contribution in [0, 0.1) is 0 Å². The number of benzene rings is 4. The Labute approximate surface area is 209 Å². The van der Waals surface area contributed by atoms with Gasteiger partial charge in [0.05, 0.1) is 7.59 Å². The minimum Gasteiger partial charge on any atom is -0.0707 e. The standard InChI is InChI=1S/C31H38Si3/c1-32(2,34(4,30-22-13-7-14-23-30)31-24-15-8-16-25-31)26-17-27-33(3,28-18-9-5-10-19-28)29-20-11-6-12-21-29/h5-16,18-25H,17,26-27H2,1-4H3. The van der Waals surface area contributed by atoms with Crippen molar-refractivity contribution in [1.82, 2.24) is 0 Å². The fourth-order valence-corrected chi connectivity index (χ4v) is 22.6. The van der Waals surface area contributed by atoms with Crippen molar-refractivity contribution < 1.29 is 0 Å². The summed E-state index contributed by atoms with van der Waals surface area (Å²) in [6.07, 6.45) is 1.31. The third-order valence-electron chi connectivity index (χ3n) is 8.36. The van der Waals surface area contributed by atoms with Gasteiger partial charge in [0.15, 0.2) is 0 Å². The summed E-state index contributed by atoms with van der Waals surface area (Å²) in [5, 5.41) is 6.33. The lowest BCUT2D eigenvalue weighted by atomic mass is 10.4. The van der Waals surface area contributed by atoms with Gasteiger partial charge in [-0.2, -0.15) is 0 Å². The van der Waals surface area contributed by atoms with Crippen molar-refractivity contribution >= 4 is 44.0 Å². The number of hydrogen-bond donors (Lipinski definition) is 0. The van der Waals surface area contributed by atoms with E-state index in [2.05, 4.69) is 148 Å². The SMILES string of the molecule is C[Si](CCC[Si](C)(C)[Si](C)(c1ccccc1)c1ccccc1)(c1ccccc1)c1ccccc1. The van der Waals surface area contributed by atoms with Crippen LogP contribution < -0.4 is 20.7 Å². The van der Waals surface area contributed by atoms with Crippen LogP contribution in [0.5, 0.6) is 0 Å². The van der Waals surface area contributed by atoms with E-state index >= 15 is 0 Å². The van der Waals surface area contributed by atoms with E-state index in [1.54, 1.807) is 20.7 Å². The molecule has 0 bridgehead atoms. The van der Waals surface area contributed by atoms with Gasteiger partial charge in [-0.25, -0.2) is 0 Å². The van der Waals surface area contributed by atoms with Crippen molar-refractivity contribution in [2.45, 2.75) is 44.7 Å². The molecule has 0 atom stereocenters. The van der Waals surface area contributed by atoms with Crippen LogP contribution in [0.25, 0.3) is 0 Å². The van der Waals surface area contributed by atoms with E-state index in [4.69, 9.17) is 0 Å². The van der Waals surface area contributed by atoms with Crippen LogP contribution in [0.4, 0.5) is 0 Å². The van der Waals surface area contributed by atoms with Crippen molar-refractivity contribution in [3.63, 3.8) is 0 Å². The van der Waals surface area contributed by atoms with Crippen LogP contribution >= 0.6 is 0 Å². The lowest BCUT2D eigenvalue weighted by Gasteiger charge is -2.43. The smallest absolute Gasteiger partial charge is 0.0707 e. The van der Waals surface area contributed by atoms with Gasteiger partial charge in [0.2, 0.25) is 0 Å². The Morgan fingerprint density at radius 2 is 0.735 bits per heavy atom. The zero-order valence-electron chi connectivity index (χ0n) is 21.2. The van der Waals surface area contributed by atoms with Crippen LogP contribution in [0.2, 0.25) is 38.3 Å². The van der Waals surface area contributed by atoms with Crippen LogP contribution in [0.15, 0.2) is 121 Å². The second kappa shape index (κ2) is 10.4. The average Bonchev–Trinajstić information content (AvgIpc) is 2.90. The lowest BCUT2D eigenvalue weighted by molar-refractivity contribution is 1.03. The second-order valence-corrected chi connectivity index (χ2v) is 29.7. The molecule has 34 heavy (non-hydrogen) atoms. The molecule has 0 N–H and O–H groups in total. The molecule has 0 unspecified atom stereocenters. The fourth-order valence-electron chi connectivity index (χ4n) is 5.69. The molecule has 0 heterocycles. The van der Waals surface area contributed by atoms with Gasteiger partial charge >= 0.3 is 0 Å². The predicted molar refractivity (Wildman–Crippen MR) is 159 cm³/mol. The van der Waals surface area contributed by atoms with Crippen molar-refractivity contribution in [3.05, 3.63) is 121 Å². The summed E-state index contributed by atoms with van der Waals surface area (Å²) >= 11 is 0.